The molecule has 4 nitrogen and oxygen atoms in total. The summed E-state index contributed by atoms with van der Waals surface area (Å²) in [7, 11) is 0. The molecule has 1 aliphatic rings. The lowest BCUT2D eigenvalue weighted by molar-refractivity contribution is -0.121. The van der Waals surface area contributed by atoms with Gasteiger partial charge in [-0.25, -0.2) is 4.90 Å². The fourth-order valence-electron chi connectivity index (χ4n) is 4.44. The van der Waals surface area contributed by atoms with E-state index in [1.54, 1.807) is 0 Å². The maximum absolute atomic E-state index is 13.4. The number of aryl methyl sites for hydroxylation is 1. The van der Waals surface area contributed by atoms with E-state index in [1.165, 1.54) is 4.90 Å². The van der Waals surface area contributed by atoms with Crippen molar-refractivity contribution < 1.29 is 9.59 Å². The van der Waals surface area contributed by atoms with Gasteiger partial charge in [-0.3, -0.25) is 9.59 Å². The van der Waals surface area contributed by atoms with Crippen LogP contribution in [0.25, 0.3) is 21.7 Å². The molecule has 1 fully saturated rings. The molecule has 2 amide bonds. The zero-order valence-corrected chi connectivity index (χ0v) is 16.3. The summed E-state index contributed by atoms with van der Waals surface area (Å²) in [5.74, 6) is -0.704. The summed E-state index contributed by atoms with van der Waals surface area (Å²) >= 11 is 0. The number of rotatable bonds is 4. The Morgan fingerprint density at radius 1 is 0.931 bits per heavy atom. The Hall–Kier alpha value is -3.40. The molecule has 1 saturated heterocycles. The summed E-state index contributed by atoms with van der Waals surface area (Å²) in [6, 6.07) is 21.9. The molecule has 0 spiro atoms. The van der Waals surface area contributed by atoms with Gasteiger partial charge in [0.05, 0.1) is 11.6 Å². The Morgan fingerprint density at radius 2 is 1.69 bits per heavy atom. The van der Waals surface area contributed by atoms with E-state index < -0.39 is 5.92 Å². The van der Waals surface area contributed by atoms with Crippen molar-refractivity contribution >= 4 is 39.2 Å². The Labute approximate surface area is 169 Å². The van der Waals surface area contributed by atoms with E-state index >= 15 is 0 Å². The Balaban J connectivity index is 1.56. The van der Waals surface area contributed by atoms with Crippen LogP contribution >= 0.6 is 0 Å². The van der Waals surface area contributed by atoms with Crippen LogP contribution in [0.1, 0.15) is 31.2 Å². The van der Waals surface area contributed by atoms with Crippen molar-refractivity contribution in [1.29, 1.82) is 0 Å². The van der Waals surface area contributed by atoms with Gasteiger partial charge in [0, 0.05) is 30.1 Å². The number of hydrogen-bond acceptors (Lipinski definition) is 2. The predicted octanol–water partition coefficient (Wildman–Crippen LogP) is 5.25. The average Bonchev–Trinajstić information content (AvgIpc) is 3.25. The number of carbonyl (C=O) groups excluding carboxylic acids is 2. The number of hydrogen-bond donors (Lipinski definition) is 0. The number of nitrogens with zero attached hydrogens (tertiary/aromatic N) is 2. The van der Waals surface area contributed by atoms with E-state index in [0.717, 1.165) is 40.2 Å². The number of anilines is 1. The van der Waals surface area contributed by atoms with E-state index in [9.17, 15) is 9.59 Å². The van der Waals surface area contributed by atoms with Crippen LogP contribution in [0.4, 0.5) is 5.69 Å². The van der Waals surface area contributed by atoms with Crippen molar-refractivity contribution in [3.8, 4) is 0 Å². The minimum Gasteiger partial charge on any atom is -0.347 e. The molecule has 1 atom stereocenters. The molecule has 144 valence electrons. The molecule has 4 heteroatoms. The van der Waals surface area contributed by atoms with Crippen LogP contribution < -0.4 is 4.90 Å². The predicted molar refractivity (Wildman–Crippen MR) is 116 cm³/mol. The summed E-state index contributed by atoms with van der Waals surface area (Å²) < 4.78 is 2.20. The summed E-state index contributed by atoms with van der Waals surface area (Å²) in [5, 5.41) is 3.18. The summed E-state index contributed by atoms with van der Waals surface area (Å²) in [5.41, 5.74) is 2.72. The van der Waals surface area contributed by atoms with Crippen LogP contribution in [0, 0.1) is 0 Å². The molecule has 0 N–H and O–H groups in total. The van der Waals surface area contributed by atoms with Gasteiger partial charge < -0.3 is 4.57 Å². The Bertz CT molecular complexity index is 1250. The zero-order valence-electron chi connectivity index (χ0n) is 16.3. The van der Waals surface area contributed by atoms with Crippen LogP contribution in [0.2, 0.25) is 0 Å². The third kappa shape index (κ3) is 2.83. The highest BCUT2D eigenvalue weighted by Gasteiger charge is 2.41. The molecule has 1 aliphatic heterocycles. The molecule has 0 aliphatic carbocycles. The van der Waals surface area contributed by atoms with Gasteiger partial charge in [-0.2, -0.15) is 0 Å². The zero-order chi connectivity index (χ0) is 20.0. The summed E-state index contributed by atoms with van der Waals surface area (Å²) in [4.78, 5) is 27.6. The highest BCUT2D eigenvalue weighted by molar-refractivity contribution is 6.23. The van der Waals surface area contributed by atoms with Crippen LogP contribution in [0.3, 0.4) is 0 Å². The van der Waals surface area contributed by atoms with Crippen molar-refractivity contribution in [3.05, 3.63) is 78.5 Å². The molecule has 1 aromatic heterocycles. The number of carbonyl (C=O) groups is 2. The van der Waals surface area contributed by atoms with E-state index in [4.69, 9.17) is 0 Å². The summed E-state index contributed by atoms with van der Waals surface area (Å²) in [6.45, 7) is 3.03. The number of para-hydroxylation sites is 1. The van der Waals surface area contributed by atoms with Gasteiger partial charge in [0.15, 0.2) is 0 Å². The van der Waals surface area contributed by atoms with Crippen LogP contribution in [0.5, 0.6) is 0 Å². The quantitative estimate of drug-likeness (QED) is 0.452. The van der Waals surface area contributed by atoms with Crippen LogP contribution in [0.15, 0.2) is 72.9 Å². The van der Waals surface area contributed by atoms with Crippen molar-refractivity contribution in [3.63, 3.8) is 0 Å². The lowest BCUT2D eigenvalue weighted by Gasteiger charge is -2.16. The maximum Gasteiger partial charge on any atom is 0.241 e. The highest BCUT2D eigenvalue weighted by Crippen LogP contribution is 2.38. The number of benzene rings is 3. The van der Waals surface area contributed by atoms with Gasteiger partial charge in [-0.1, -0.05) is 55.5 Å². The number of fused-ring (bicyclic) bond motifs is 2. The second kappa shape index (κ2) is 6.89. The molecule has 3 aromatic carbocycles. The van der Waals surface area contributed by atoms with Gasteiger partial charge >= 0.3 is 0 Å². The maximum atomic E-state index is 13.4. The fourth-order valence-corrected chi connectivity index (χ4v) is 4.44. The first kappa shape index (κ1) is 17.7. The van der Waals surface area contributed by atoms with Crippen LogP contribution in [-0.2, 0) is 16.1 Å². The standard InChI is InChI=1S/C25H22N2O2/c1-2-13-26-16-22(20-9-5-6-10-23(20)26)21-15-24(28)27(25(21)29)19-12-11-17-7-3-4-8-18(17)14-19/h3-12,14,16,21H,2,13,15H2,1H3/t21-/m1/s1. The average molecular weight is 382 g/mol. The molecule has 0 radical (unpaired) electrons. The molecule has 0 bridgehead atoms. The Kier molecular flexibility index (Phi) is 4.20. The van der Waals surface area contributed by atoms with E-state index in [0.29, 0.717) is 5.69 Å². The SMILES string of the molecule is CCCn1cc([C@H]2CC(=O)N(c3ccc4ccccc4c3)C2=O)c2ccccc21. The van der Waals surface area contributed by atoms with E-state index in [1.807, 2.05) is 60.7 Å². The molecule has 0 unspecified atom stereocenters. The number of amides is 2. The minimum absolute atomic E-state index is 0.135. The van der Waals surface area contributed by atoms with Gasteiger partial charge in [-0.15, -0.1) is 0 Å². The third-order valence-corrected chi connectivity index (χ3v) is 5.80. The van der Waals surface area contributed by atoms with Gasteiger partial charge in [0.1, 0.15) is 0 Å². The topological polar surface area (TPSA) is 42.3 Å². The fraction of sp³-hybridized carbons (Fsp3) is 0.200. The molecular weight excluding hydrogens is 360 g/mol. The third-order valence-electron chi connectivity index (χ3n) is 5.80. The lowest BCUT2D eigenvalue weighted by Crippen LogP contribution is -2.29. The molecule has 5 rings (SSSR count). The molecule has 2 heterocycles. The molecular formula is C25H22N2O2. The van der Waals surface area contributed by atoms with E-state index in [2.05, 4.69) is 23.8 Å². The molecule has 0 saturated carbocycles. The Morgan fingerprint density at radius 3 is 2.52 bits per heavy atom. The minimum atomic E-state index is -0.433. The smallest absolute Gasteiger partial charge is 0.241 e. The second-order valence-corrected chi connectivity index (χ2v) is 7.65. The van der Waals surface area contributed by atoms with Gasteiger partial charge in [-0.05, 0) is 41.0 Å². The highest BCUT2D eigenvalue weighted by atomic mass is 16.2. The number of aromatic nitrogens is 1. The first-order valence-electron chi connectivity index (χ1n) is 10.1. The molecule has 29 heavy (non-hydrogen) atoms. The lowest BCUT2D eigenvalue weighted by atomic mass is 9.97. The monoisotopic (exact) mass is 382 g/mol. The van der Waals surface area contributed by atoms with Crippen molar-refractivity contribution in [2.24, 2.45) is 0 Å². The van der Waals surface area contributed by atoms with Crippen molar-refractivity contribution in [2.75, 3.05) is 4.90 Å². The van der Waals surface area contributed by atoms with E-state index in [-0.39, 0.29) is 18.2 Å². The summed E-state index contributed by atoms with van der Waals surface area (Å²) in [6.07, 6.45) is 3.29. The first-order chi connectivity index (χ1) is 14.2. The normalized spacial score (nSPS) is 17.0. The second-order valence-electron chi connectivity index (χ2n) is 7.65. The number of imide groups is 1. The largest absolute Gasteiger partial charge is 0.347 e. The van der Waals surface area contributed by atoms with Crippen LogP contribution in [-0.4, -0.2) is 16.4 Å². The van der Waals surface area contributed by atoms with Gasteiger partial charge in [0.25, 0.3) is 0 Å². The van der Waals surface area contributed by atoms with Gasteiger partial charge in [0.2, 0.25) is 11.8 Å². The van der Waals surface area contributed by atoms with Crippen molar-refractivity contribution in [1.82, 2.24) is 4.57 Å². The molecule has 4 aromatic rings. The first-order valence-corrected chi connectivity index (χ1v) is 10.1. The van der Waals surface area contributed by atoms with Crippen molar-refractivity contribution in [2.45, 2.75) is 32.2 Å².